The van der Waals surface area contributed by atoms with Gasteiger partial charge < -0.3 is 15.5 Å². The highest BCUT2D eigenvalue weighted by atomic mass is 35.5. The van der Waals surface area contributed by atoms with Crippen molar-refractivity contribution in [3.8, 4) is 0 Å². The van der Waals surface area contributed by atoms with E-state index in [1.54, 1.807) is 18.4 Å². The molecule has 0 aliphatic carbocycles. The number of furan rings is 1. The van der Waals surface area contributed by atoms with Gasteiger partial charge in [0.25, 0.3) is 5.91 Å². The minimum absolute atomic E-state index is 0. The van der Waals surface area contributed by atoms with E-state index in [4.69, 9.17) is 10.2 Å². The number of aryl methyl sites for hydroxylation is 1. The Morgan fingerprint density at radius 1 is 1.36 bits per heavy atom. The van der Waals surface area contributed by atoms with Gasteiger partial charge in [-0.05, 0) is 26.8 Å². The zero-order chi connectivity index (χ0) is 17.0. The number of amides is 2. The summed E-state index contributed by atoms with van der Waals surface area (Å²) in [6.45, 7) is 5.77. The molecular formula is C15H22Cl2N4O3S. The molecule has 2 rings (SSSR count). The molecular weight excluding hydrogens is 387 g/mol. The molecule has 25 heavy (non-hydrogen) atoms. The lowest BCUT2D eigenvalue weighted by Crippen LogP contribution is -2.45. The summed E-state index contributed by atoms with van der Waals surface area (Å²) in [5.41, 5.74) is 6.41. The first-order valence-electron chi connectivity index (χ1n) is 7.10. The molecule has 4 N–H and O–H groups in total. The molecule has 0 spiro atoms. The smallest absolute Gasteiger partial charge is 0.260 e. The number of aromatic nitrogens is 1. The van der Waals surface area contributed by atoms with E-state index in [2.05, 4.69) is 15.6 Å². The summed E-state index contributed by atoms with van der Waals surface area (Å²) >= 11 is 1.27. The van der Waals surface area contributed by atoms with E-state index < -0.39 is 5.54 Å². The summed E-state index contributed by atoms with van der Waals surface area (Å²) < 4.78 is 5.09. The van der Waals surface area contributed by atoms with Crippen LogP contribution in [0.15, 0.2) is 22.1 Å². The van der Waals surface area contributed by atoms with Gasteiger partial charge in [-0.25, -0.2) is 4.98 Å². The first-order valence-corrected chi connectivity index (χ1v) is 7.98. The van der Waals surface area contributed by atoms with Crippen LogP contribution in [0, 0.1) is 6.92 Å². The van der Waals surface area contributed by atoms with Crippen molar-refractivity contribution in [3.05, 3.63) is 34.7 Å². The topological polar surface area (TPSA) is 110 Å². The van der Waals surface area contributed by atoms with Gasteiger partial charge >= 0.3 is 0 Å². The molecule has 2 amide bonds. The van der Waals surface area contributed by atoms with Crippen LogP contribution in [-0.4, -0.2) is 28.9 Å². The summed E-state index contributed by atoms with van der Waals surface area (Å²) in [7, 11) is 0. The number of nitrogens with one attached hydrogen (secondary N) is 2. The lowest BCUT2D eigenvalue weighted by atomic mass is 10.1. The van der Waals surface area contributed by atoms with Gasteiger partial charge in [0.15, 0.2) is 5.13 Å². The van der Waals surface area contributed by atoms with Crippen molar-refractivity contribution in [3.63, 3.8) is 0 Å². The quantitative estimate of drug-likeness (QED) is 0.679. The molecule has 0 atom stereocenters. The predicted molar refractivity (Wildman–Crippen MR) is 103 cm³/mol. The molecule has 0 saturated carbocycles. The number of rotatable bonds is 6. The Hall–Kier alpha value is -1.61. The van der Waals surface area contributed by atoms with Crippen molar-refractivity contribution in [2.45, 2.75) is 32.7 Å². The summed E-state index contributed by atoms with van der Waals surface area (Å²) in [4.78, 5) is 28.1. The average Bonchev–Trinajstić information content (AvgIpc) is 3.05. The monoisotopic (exact) mass is 408 g/mol. The van der Waals surface area contributed by atoms with Crippen molar-refractivity contribution in [2.75, 3.05) is 11.9 Å². The number of carbonyl (C=O) groups is 2. The van der Waals surface area contributed by atoms with Crippen molar-refractivity contribution in [1.82, 2.24) is 10.3 Å². The number of hydrogen-bond donors (Lipinski definition) is 3. The summed E-state index contributed by atoms with van der Waals surface area (Å²) in [6.07, 6.45) is 1.61. The van der Waals surface area contributed by atoms with Crippen LogP contribution in [0.25, 0.3) is 0 Å². The van der Waals surface area contributed by atoms with Crippen LogP contribution < -0.4 is 16.4 Å². The third kappa shape index (κ3) is 7.43. The molecule has 2 heterocycles. The van der Waals surface area contributed by atoms with Gasteiger partial charge in [-0.1, -0.05) is 0 Å². The number of halogens is 2. The molecule has 0 aliphatic rings. The van der Waals surface area contributed by atoms with Gasteiger partial charge in [-0.2, -0.15) is 0 Å². The lowest BCUT2D eigenvalue weighted by molar-refractivity contribution is -0.120. The van der Waals surface area contributed by atoms with E-state index in [1.165, 1.54) is 17.6 Å². The van der Waals surface area contributed by atoms with Gasteiger partial charge in [-0.15, -0.1) is 36.2 Å². The second-order valence-electron chi connectivity index (χ2n) is 5.93. The molecule has 0 unspecified atom stereocenters. The molecule has 2 aromatic rings. The predicted octanol–water partition coefficient (Wildman–Crippen LogP) is 2.54. The number of carbonyl (C=O) groups excluding carboxylic acids is 2. The molecule has 10 heteroatoms. The average molecular weight is 409 g/mol. The summed E-state index contributed by atoms with van der Waals surface area (Å²) in [5, 5.41) is 7.63. The minimum Gasteiger partial charge on any atom is -0.469 e. The highest BCUT2D eigenvalue weighted by molar-refractivity contribution is 7.14. The Morgan fingerprint density at radius 2 is 2.04 bits per heavy atom. The van der Waals surface area contributed by atoms with E-state index >= 15 is 0 Å². The van der Waals surface area contributed by atoms with Gasteiger partial charge in [0, 0.05) is 17.5 Å². The number of nitrogens with zero attached hydrogens (tertiary/aromatic N) is 1. The molecule has 0 aromatic carbocycles. The fourth-order valence-corrected chi connectivity index (χ4v) is 2.49. The normalized spacial score (nSPS) is 10.4. The molecule has 0 radical (unpaired) electrons. The van der Waals surface area contributed by atoms with Crippen molar-refractivity contribution >= 4 is 53.1 Å². The molecule has 7 nitrogen and oxygen atoms in total. The Balaban J connectivity index is 0.00000288. The van der Waals surface area contributed by atoms with Gasteiger partial charge in [0.2, 0.25) is 5.91 Å². The fourth-order valence-electron chi connectivity index (χ4n) is 1.78. The van der Waals surface area contributed by atoms with Crippen LogP contribution in [0.3, 0.4) is 0 Å². The molecule has 0 bridgehead atoms. The third-order valence-electron chi connectivity index (χ3n) is 2.96. The van der Waals surface area contributed by atoms with Crippen LogP contribution in [0.2, 0.25) is 0 Å². The highest BCUT2D eigenvalue weighted by Crippen LogP contribution is 2.18. The summed E-state index contributed by atoms with van der Waals surface area (Å²) in [5.74, 6) is 0.104. The Kier molecular flexibility index (Phi) is 9.14. The lowest BCUT2D eigenvalue weighted by Gasteiger charge is -2.18. The molecule has 140 valence electrons. The largest absolute Gasteiger partial charge is 0.469 e. The third-order valence-corrected chi connectivity index (χ3v) is 3.77. The van der Waals surface area contributed by atoms with E-state index in [1.807, 2.05) is 13.8 Å². The van der Waals surface area contributed by atoms with Gasteiger partial charge in [0.1, 0.15) is 5.76 Å². The maximum Gasteiger partial charge on any atom is 0.260 e. The summed E-state index contributed by atoms with van der Waals surface area (Å²) in [6, 6.07) is 1.60. The van der Waals surface area contributed by atoms with Crippen molar-refractivity contribution in [1.29, 1.82) is 0 Å². The van der Waals surface area contributed by atoms with Crippen LogP contribution in [-0.2, 0) is 11.2 Å². The zero-order valence-electron chi connectivity index (χ0n) is 14.1. The van der Waals surface area contributed by atoms with E-state index in [-0.39, 0.29) is 43.0 Å². The van der Waals surface area contributed by atoms with Crippen molar-refractivity contribution in [2.24, 2.45) is 5.73 Å². The molecule has 0 fully saturated rings. The zero-order valence-corrected chi connectivity index (χ0v) is 16.6. The number of nitrogens with two attached hydrogens (primary N) is 1. The number of anilines is 1. The van der Waals surface area contributed by atoms with Crippen LogP contribution in [0.5, 0.6) is 0 Å². The molecule has 0 saturated heterocycles. The van der Waals surface area contributed by atoms with Crippen molar-refractivity contribution < 1.29 is 14.0 Å². The standard InChI is InChI=1S/C15H20N4O3S.2ClH/c1-9-11(4-5-22-9)13(21)19-14-18-10(7-23-14)6-12(20)17-8-15(2,3)16;;/h4-5,7H,6,8,16H2,1-3H3,(H,17,20)(H,18,19,21);2*1H. The molecule has 0 aliphatic heterocycles. The fraction of sp³-hybridized carbons (Fsp3) is 0.400. The Morgan fingerprint density at radius 3 is 2.60 bits per heavy atom. The van der Waals surface area contributed by atoms with E-state index in [0.29, 0.717) is 28.7 Å². The minimum atomic E-state index is -0.459. The Labute approximate surface area is 162 Å². The van der Waals surface area contributed by atoms with Gasteiger partial charge in [-0.3, -0.25) is 14.9 Å². The number of thiazole rings is 1. The van der Waals surface area contributed by atoms with E-state index in [9.17, 15) is 9.59 Å². The first-order chi connectivity index (χ1) is 10.7. The first kappa shape index (κ1) is 23.4. The second kappa shape index (κ2) is 9.76. The second-order valence-corrected chi connectivity index (χ2v) is 6.79. The van der Waals surface area contributed by atoms with E-state index in [0.717, 1.165) is 0 Å². The van der Waals surface area contributed by atoms with Crippen LogP contribution >= 0.6 is 36.2 Å². The van der Waals surface area contributed by atoms with Crippen LogP contribution in [0.4, 0.5) is 5.13 Å². The highest BCUT2D eigenvalue weighted by Gasteiger charge is 2.15. The Bertz CT molecular complexity index is 710. The maximum absolute atomic E-state index is 12.0. The van der Waals surface area contributed by atoms with Gasteiger partial charge in [0.05, 0.1) is 23.9 Å². The molecule has 2 aromatic heterocycles. The SMILES string of the molecule is Cc1occc1C(=O)Nc1nc(CC(=O)NCC(C)(C)N)cs1.Cl.Cl. The maximum atomic E-state index is 12.0. The van der Waals surface area contributed by atoms with Crippen LogP contribution in [0.1, 0.15) is 35.7 Å². The number of hydrogen-bond acceptors (Lipinski definition) is 6.